The van der Waals surface area contributed by atoms with Crippen LogP contribution in [0.25, 0.3) is 11.3 Å². The topological polar surface area (TPSA) is 64.1 Å². The average molecular weight is 260 g/mol. The smallest absolute Gasteiger partial charge is 0.327 e. The predicted octanol–water partition coefficient (Wildman–Crippen LogP) is 1.71. The Morgan fingerprint density at radius 3 is 2.63 bits per heavy atom. The Kier molecular flexibility index (Phi) is 3.85. The van der Waals surface area contributed by atoms with Crippen molar-refractivity contribution in [3.63, 3.8) is 0 Å². The lowest BCUT2D eigenvalue weighted by Gasteiger charge is -2.02. The molecular formula is C14H16N2O3. The van der Waals surface area contributed by atoms with Gasteiger partial charge < -0.3 is 4.74 Å². The van der Waals surface area contributed by atoms with Gasteiger partial charge in [-0.2, -0.15) is 0 Å². The van der Waals surface area contributed by atoms with Crippen LogP contribution in [0.15, 0.2) is 35.1 Å². The van der Waals surface area contributed by atoms with Crippen LogP contribution in [0.5, 0.6) is 0 Å². The van der Waals surface area contributed by atoms with Crippen LogP contribution < -0.4 is 5.56 Å². The SMILES string of the molecule is CCOC(=O)Cn1[nH]c(-c2ccccc2)c(C)c1=O. The molecule has 0 spiro atoms. The second kappa shape index (κ2) is 5.56. The van der Waals surface area contributed by atoms with E-state index in [1.54, 1.807) is 13.8 Å². The number of hydrogen-bond donors (Lipinski definition) is 1. The van der Waals surface area contributed by atoms with Crippen LogP contribution >= 0.6 is 0 Å². The summed E-state index contributed by atoms with van der Waals surface area (Å²) >= 11 is 0. The average Bonchev–Trinajstić information content (AvgIpc) is 2.68. The van der Waals surface area contributed by atoms with Crippen LogP contribution in [-0.2, 0) is 16.1 Å². The molecule has 19 heavy (non-hydrogen) atoms. The van der Waals surface area contributed by atoms with Crippen molar-refractivity contribution in [3.8, 4) is 11.3 Å². The minimum atomic E-state index is -0.425. The third-order valence-corrected chi connectivity index (χ3v) is 2.84. The monoisotopic (exact) mass is 260 g/mol. The molecule has 1 N–H and O–H groups in total. The zero-order valence-corrected chi connectivity index (χ0v) is 11.0. The molecule has 0 radical (unpaired) electrons. The van der Waals surface area contributed by atoms with E-state index in [1.807, 2.05) is 30.3 Å². The molecule has 0 aliphatic carbocycles. The second-order valence-corrected chi connectivity index (χ2v) is 4.17. The number of nitrogens with zero attached hydrogens (tertiary/aromatic N) is 1. The molecule has 0 aliphatic heterocycles. The highest BCUT2D eigenvalue weighted by atomic mass is 16.5. The zero-order chi connectivity index (χ0) is 13.8. The Labute approximate surface area is 110 Å². The third kappa shape index (κ3) is 2.76. The van der Waals surface area contributed by atoms with Crippen LogP contribution in [0.1, 0.15) is 12.5 Å². The minimum absolute atomic E-state index is 0.0969. The van der Waals surface area contributed by atoms with Crippen molar-refractivity contribution in [1.29, 1.82) is 0 Å². The van der Waals surface area contributed by atoms with E-state index in [0.29, 0.717) is 12.2 Å². The summed E-state index contributed by atoms with van der Waals surface area (Å²) in [5.74, 6) is -0.425. The zero-order valence-electron chi connectivity index (χ0n) is 11.0. The number of carbonyl (C=O) groups is 1. The van der Waals surface area contributed by atoms with Crippen LogP contribution in [-0.4, -0.2) is 22.4 Å². The lowest BCUT2D eigenvalue weighted by atomic mass is 10.1. The van der Waals surface area contributed by atoms with E-state index < -0.39 is 5.97 Å². The maximum Gasteiger partial charge on any atom is 0.327 e. The van der Waals surface area contributed by atoms with Gasteiger partial charge in [0.25, 0.3) is 5.56 Å². The maximum absolute atomic E-state index is 12.0. The first-order chi connectivity index (χ1) is 9.13. The Balaban J connectivity index is 2.34. The van der Waals surface area contributed by atoms with E-state index in [4.69, 9.17) is 4.74 Å². The Bertz CT molecular complexity index is 626. The van der Waals surface area contributed by atoms with Gasteiger partial charge in [-0.15, -0.1) is 0 Å². The highest BCUT2D eigenvalue weighted by Crippen LogP contribution is 2.18. The molecule has 5 heteroatoms. The van der Waals surface area contributed by atoms with Gasteiger partial charge in [-0.1, -0.05) is 30.3 Å². The van der Waals surface area contributed by atoms with E-state index >= 15 is 0 Å². The third-order valence-electron chi connectivity index (χ3n) is 2.84. The van der Waals surface area contributed by atoms with Crippen LogP contribution in [0, 0.1) is 6.92 Å². The van der Waals surface area contributed by atoms with Crippen molar-refractivity contribution in [2.45, 2.75) is 20.4 Å². The summed E-state index contributed by atoms with van der Waals surface area (Å²) in [6.07, 6.45) is 0. The number of hydrogen-bond acceptors (Lipinski definition) is 3. The van der Waals surface area contributed by atoms with Crippen LogP contribution in [0.3, 0.4) is 0 Å². The molecule has 0 amide bonds. The number of carbonyl (C=O) groups excluding carboxylic acids is 1. The molecule has 5 nitrogen and oxygen atoms in total. The van der Waals surface area contributed by atoms with Gasteiger partial charge in [-0.3, -0.25) is 14.7 Å². The number of ether oxygens (including phenoxy) is 1. The van der Waals surface area contributed by atoms with Crippen molar-refractivity contribution in [2.75, 3.05) is 6.61 Å². The molecule has 0 saturated heterocycles. The predicted molar refractivity (Wildman–Crippen MR) is 71.9 cm³/mol. The summed E-state index contributed by atoms with van der Waals surface area (Å²) in [6, 6.07) is 9.53. The van der Waals surface area contributed by atoms with E-state index in [0.717, 1.165) is 11.3 Å². The van der Waals surface area contributed by atoms with Crippen molar-refractivity contribution < 1.29 is 9.53 Å². The summed E-state index contributed by atoms with van der Waals surface area (Å²) in [7, 11) is 0. The van der Waals surface area contributed by atoms with Crippen LogP contribution in [0.2, 0.25) is 0 Å². The fraction of sp³-hybridized carbons (Fsp3) is 0.286. The van der Waals surface area contributed by atoms with E-state index in [9.17, 15) is 9.59 Å². The molecule has 1 aromatic heterocycles. The Morgan fingerprint density at radius 1 is 1.32 bits per heavy atom. The molecule has 100 valence electrons. The lowest BCUT2D eigenvalue weighted by Crippen LogP contribution is -2.24. The lowest BCUT2D eigenvalue weighted by molar-refractivity contribution is -0.144. The Hall–Kier alpha value is -2.30. The van der Waals surface area contributed by atoms with Gasteiger partial charge in [0.15, 0.2) is 0 Å². The fourth-order valence-corrected chi connectivity index (χ4v) is 1.91. The second-order valence-electron chi connectivity index (χ2n) is 4.17. The number of esters is 1. The Morgan fingerprint density at radius 2 is 2.00 bits per heavy atom. The molecule has 0 fully saturated rings. The van der Waals surface area contributed by atoms with Crippen molar-refractivity contribution in [2.24, 2.45) is 0 Å². The van der Waals surface area contributed by atoms with Crippen molar-refractivity contribution in [1.82, 2.24) is 9.78 Å². The first-order valence-corrected chi connectivity index (χ1v) is 6.14. The van der Waals surface area contributed by atoms with E-state index in [2.05, 4.69) is 5.10 Å². The van der Waals surface area contributed by atoms with Gasteiger partial charge in [0, 0.05) is 5.56 Å². The van der Waals surface area contributed by atoms with Crippen molar-refractivity contribution >= 4 is 5.97 Å². The van der Waals surface area contributed by atoms with Crippen molar-refractivity contribution in [3.05, 3.63) is 46.2 Å². The summed E-state index contributed by atoms with van der Waals surface area (Å²) in [4.78, 5) is 23.4. The molecule has 0 bridgehead atoms. The van der Waals surface area contributed by atoms with Gasteiger partial charge in [0.2, 0.25) is 0 Å². The van der Waals surface area contributed by atoms with Gasteiger partial charge >= 0.3 is 5.97 Å². The molecule has 2 rings (SSSR count). The van der Waals surface area contributed by atoms with Gasteiger partial charge in [0.1, 0.15) is 6.54 Å². The van der Waals surface area contributed by atoms with Gasteiger partial charge in [0.05, 0.1) is 12.3 Å². The molecule has 0 unspecified atom stereocenters. The minimum Gasteiger partial charge on any atom is -0.465 e. The number of aromatic nitrogens is 2. The van der Waals surface area contributed by atoms with Gasteiger partial charge in [-0.25, -0.2) is 4.68 Å². The molecule has 0 saturated carbocycles. The largest absolute Gasteiger partial charge is 0.465 e. The first-order valence-electron chi connectivity index (χ1n) is 6.14. The number of benzene rings is 1. The standard InChI is InChI=1S/C14H16N2O3/c1-3-19-12(17)9-16-14(18)10(2)13(15-16)11-7-5-4-6-8-11/h4-8,15H,3,9H2,1-2H3. The maximum atomic E-state index is 12.0. The molecular weight excluding hydrogens is 244 g/mol. The van der Waals surface area contributed by atoms with E-state index in [1.165, 1.54) is 4.68 Å². The molecule has 0 aliphatic rings. The molecule has 0 atom stereocenters. The quantitative estimate of drug-likeness (QED) is 0.851. The molecule has 1 heterocycles. The van der Waals surface area contributed by atoms with Crippen LogP contribution in [0.4, 0.5) is 0 Å². The normalized spacial score (nSPS) is 10.4. The highest BCUT2D eigenvalue weighted by molar-refractivity contribution is 5.69. The summed E-state index contributed by atoms with van der Waals surface area (Å²) in [5, 5.41) is 2.96. The number of rotatable bonds is 4. The first kappa shape index (κ1) is 13.1. The summed E-state index contributed by atoms with van der Waals surface area (Å²) in [5.41, 5.74) is 2.04. The molecule has 1 aromatic carbocycles. The summed E-state index contributed by atoms with van der Waals surface area (Å²) < 4.78 is 6.11. The summed E-state index contributed by atoms with van der Waals surface area (Å²) in [6.45, 7) is 3.68. The molecule has 2 aromatic rings. The fourth-order valence-electron chi connectivity index (χ4n) is 1.91. The number of H-pyrrole nitrogens is 1. The number of aromatic amines is 1. The number of nitrogens with one attached hydrogen (secondary N) is 1. The van der Waals surface area contributed by atoms with Gasteiger partial charge in [-0.05, 0) is 19.4 Å². The highest BCUT2D eigenvalue weighted by Gasteiger charge is 2.14. The van der Waals surface area contributed by atoms with E-state index in [-0.39, 0.29) is 12.1 Å².